The summed E-state index contributed by atoms with van der Waals surface area (Å²) < 4.78 is 0. The Bertz CT molecular complexity index is 611. The number of aliphatic hydroxyl groups excluding tert-OH is 1. The van der Waals surface area contributed by atoms with E-state index >= 15 is 0 Å². The zero-order valence-corrected chi connectivity index (χ0v) is 10.9. The van der Waals surface area contributed by atoms with E-state index in [-0.39, 0.29) is 12.5 Å². The summed E-state index contributed by atoms with van der Waals surface area (Å²) in [6.45, 7) is 0.0450. The van der Waals surface area contributed by atoms with Gasteiger partial charge in [0, 0.05) is 12.0 Å². The van der Waals surface area contributed by atoms with Gasteiger partial charge in [0.05, 0.1) is 17.7 Å². The molecule has 0 saturated carbocycles. The lowest BCUT2D eigenvalue weighted by atomic mass is 10.2. The van der Waals surface area contributed by atoms with Gasteiger partial charge in [-0.3, -0.25) is 10.1 Å². The average Bonchev–Trinajstić information content (AvgIpc) is 2.88. The fraction of sp³-hybridized carbons (Fsp3) is 0.143. The van der Waals surface area contributed by atoms with Crippen molar-refractivity contribution in [3.8, 4) is 11.8 Å². The van der Waals surface area contributed by atoms with Crippen LogP contribution in [-0.2, 0) is 0 Å². The molecule has 0 saturated heterocycles. The Morgan fingerprint density at radius 2 is 2.16 bits per heavy atom. The summed E-state index contributed by atoms with van der Waals surface area (Å²) >= 11 is 1.31. The molecule has 0 aliphatic heterocycles. The van der Waals surface area contributed by atoms with Crippen LogP contribution in [0.2, 0.25) is 0 Å². The Balaban J connectivity index is 2.01. The summed E-state index contributed by atoms with van der Waals surface area (Å²) in [6.07, 6.45) is 2.04. The molecule has 19 heavy (non-hydrogen) atoms. The first kappa shape index (κ1) is 13.3. The molecule has 2 aromatic rings. The van der Waals surface area contributed by atoms with Crippen LogP contribution in [0.5, 0.6) is 0 Å². The maximum atomic E-state index is 11.9. The molecule has 0 bridgehead atoms. The smallest absolute Gasteiger partial charge is 0.257 e. The lowest BCUT2D eigenvalue weighted by Gasteiger charge is -2.00. The monoisotopic (exact) mass is 272 g/mol. The number of carbonyl (C=O) groups excluding carboxylic acids is 1. The lowest BCUT2D eigenvalue weighted by Crippen LogP contribution is -2.11. The van der Waals surface area contributed by atoms with E-state index in [9.17, 15) is 4.79 Å². The Kier molecular flexibility index (Phi) is 4.67. The second-order valence-electron chi connectivity index (χ2n) is 3.63. The molecule has 2 N–H and O–H groups in total. The highest BCUT2D eigenvalue weighted by Crippen LogP contribution is 2.17. The number of aromatic nitrogens is 1. The van der Waals surface area contributed by atoms with Gasteiger partial charge in [0.25, 0.3) is 5.91 Å². The number of nitrogens with zero attached hydrogens (tertiary/aromatic N) is 1. The number of nitrogens with one attached hydrogen (secondary N) is 1. The standard InChI is InChI=1S/C14H12N2O2S/c17-9-5-4-8-12-10-15-14(19-12)16-13(18)11-6-2-1-3-7-11/h1-3,6-7,10,17H,5,9H2,(H,15,16,18). The Morgan fingerprint density at radius 3 is 2.89 bits per heavy atom. The van der Waals surface area contributed by atoms with Crippen molar-refractivity contribution >= 4 is 22.4 Å². The molecule has 1 aromatic carbocycles. The molecular formula is C14H12N2O2S. The third-order valence-electron chi connectivity index (χ3n) is 2.21. The number of rotatable bonds is 3. The summed E-state index contributed by atoms with van der Waals surface area (Å²) in [6, 6.07) is 8.95. The molecule has 0 fully saturated rings. The van der Waals surface area contributed by atoms with Crippen molar-refractivity contribution in [1.29, 1.82) is 0 Å². The SMILES string of the molecule is O=C(Nc1ncc(C#CCCO)s1)c1ccccc1. The van der Waals surface area contributed by atoms with Gasteiger partial charge in [0.1, 0.15) is 0 Å². The third-order valence-corrected chi connectivity index (χ3v) is 3.04. The van der Waals surface area contributed by atoms with Crippen LogP contribution in [-0.4, -0.2) is 22.6 Å². The van der Waals surface area contributed by atoms with Gasteiger partial charge in [0.2, 0.25) is 0 Å². The van der Waals surface area contributed by atoms with E-state index in [1.165, 1.54) is 11.3 Å². The summed E-state index contributed by atoms with van der Waals surface area (Å²) in [7, 11) is 0. The fourth-order valence-electron chi connectivity index (χ4n) is 1.35. The summed E-state index contributed by atoms with van der Waals surface area (Å²) in [5, 5.41) is 11.9. The fourth-order valence-corrected chi connectivity index (χ4v) is 2.04. The molecule has 1 heterocycles. The molecule has 4 nitrogen and oxygen atoms in total. The Hall–Kier alpha value is -2.16. The maximum absolute atomic E-state index is 11.9. The number of benzene rings is 1. The second-order valence-corrected chi connectivity index (χ2v) is 4.66. The van der Waals surface area contributed by atoms with E-state index in [0.717, 1.165) is 4.88 Å². The molecule has 5 heteroatoms. The number of carbonyl (C=O) groups is 1. The number of hydrogen-bond acceptors (Lipinski definition) is 4. The molecule has 1 aromatic heterocycles. The molecule has 1 amide bonds. The van der Waals surface area contributed by atoms with E-state index in [1.54, 1.807) is 18.3 Å². The number of hydrogen-bond donors (Lipinski definition) is 2. The minimum Gasteiger partial charge on any atom is -0.395 e. The maximum Gasteiger partial charge on any atom is 0.257 e. The number of thiazole rings is 1. The van der Waals surface area contributed by atoms with Gasteiger partial charge in [-0.2, -0.15) is 0 Å². The summed E-state index contributed by atoms with van der Waals surface area (Å²) in [5.41, 5.74) is 0.589. The van der Waals surface area contributed by atoms with Gasteiger partial charge in [-0.25, -0.2) is 4.98 Å². The molecule has 96 valence electrons. The zero-order valence-electron chi connectivity index (χ0n) is 10.1. The van der Waals surface area contributed by atoms with Crippen LogP contribution < -0.4 is 5.32 Å². The van der Waals surface area contributed by atoms with Crippen molar-refractivity contribution in [3.63, 3.8) is 0 Å². The van der Waals surface area contributed by atoms with Crippen molar-refractivity contribution in [2.24, 2.45) is 0 Å². The van der Waals surface area contributed by atoms with Crippen LogP contribution in [0.1, 0.15) is 21.7 Å². The van der Waals surface area contributed by atoms with Crippen LogP contribution in [0.15, 0.2) is 36.5 Å². The summed E-state index contributed by atoms with van der Waals surface area (Å²) in [5.74, 6) is 5.49. The van der Waals surface area contributed by atoms with Crippen LogP contribution in [0.25, 0.3) is 0 Å². The molecule has 0 aliphatic carbocycles. The molecular weight excluding hydrogens is 260 g/mol. The van der Waals surface area contributed by atoms with Crippen LogP contribution in [0.3, 0.4) is 0 Å². The number of anilines is 1. The van der Waals surface area contributed by atoms with Crippen LogP contribution >= 0.6 is 11.3 Å². The average molecular weight is 272 g/mol. The molecule has 0 atom stereocenters. The van der Waals surface area contributed by atoms with E-state index in [1.807, 2.05) is 18.2 Å². The predicted molar refractivity (Wildman–Crippen MR) is 75.1 cm³/mol. The zero-order chi connectivity index (χ0) is 13.5. The van der Waals surface area contributed by atoms with E-state index in [2.05, 4.69) is 22.1 Å². The van der Waals surface area contributed by atoms with Crippen molar-refractivity contribution in [3.05, 3.63) is 47.0 Å². The van der Waals surface area contributed by atoms with Gasteiger partial charge in [-0.05, 0) is 12.1 Å². The highest BCUT2D eigenvalue weighted by Gasteiger charge is 2.07. The molecule has 0 spiro atoms. The first-order valence-corrected chi connectivity index (χ1v) is 6.53. The predicted octanol–water partition coefficient (Wildman–Crippen LogP) is 2.13. The largest absolute Gasteiger partial charge is 0.395 e. The molecule has 0 aliphatic rings. The van der Waals surface area contributed by atoms with Gasteiger partial charge in [-0.15, -0.1) is 0 Å². The highest BCUT2D eigenvalue weighted by atomic mass is 32.1. The van der Waals surface area contributed by atoms with Crippen LogP contribution in [0.4, 0.5) is 5.13 Å². The molecule has 0 unspecified atom stereocenters. The van der Waals surface area contributed by atoms with Gasteiger partial charge in [-0.1, -0.05) is 41.4 Å². The minimum absolute atomic E-state index is 0.0450. The number of aliphatic hydroxyl groups is 1. The van der Waals surface area contributed by atoms with E-state index in [4.69, 9.17) is 5.11 Å². The van der Waals surface area contributed by atoms with Gasteiger partial charge in [0.15, 0.2) is 5.13 Å². The van der Waals surface area contributed by atoms with Gasteiger partial charge >= 0.3 is 0 Å². The quantitative estimate of drug-likeness (QED) is 0.841. The van der Waals surface area contributed by atoms with Crippen molar-refractivity contribution in [2.75, 3.05) is 11.9 Å². The third kappa shape index (κ3) is 3.91. The minimum atomic E-state index is -0.190. The highest BCUT2D eigenvalue weighted by molar-refractivity contribution is 7.16. The first-order chi connectivity index (χ1) is 9.29. The molecule has 0 radical (unpaired) electrons. The Labute approximate surface area is 115 Å². The number of amides is 1. The van der Waals surface area contributed by atoms with E-state index < -0.39 is 0 Å². The van der Waals surface area contributed by atoms with Crippen molar-refractivity contribution in [2.45, 2.75) is 6.42 Å². The van der Waals surface area contributed by atoms with Gasteiger partial charge < -0.3 is 5.11 Å². The lowest BCUT2D eigenvalue weighted by molar-refractivity contribution is 0.102. The summed E-state index contributed by atoms with van der Waals surface area (Å²) in [4.78, 5) is 16.7. The first-order valence-electron chi connectivity index (χ1n) is 5.71. The van der Waals surface area contributed by atoms with Crippen LogP contribution in [0, 0.1) is 11.8 Å². The topological polar surface area (TPSA) is 62.2 Å². The van der Waals surface area contributed by atoms with Crippen molar-refractivity contribution in [1.82, 2.24) is 4.98 Å². The normalized spacial score (nSPS) is 9.53. The molecule has 2 rings (SSSR count). The Morgan fingerprint density at radius 1 is 1.37 bits per heavy atom. The second kappa shape index (κ2) is 6.69. The van der Waals surface area contributed by atoms with E-state index in [0.29, 0.717) is 17.1 Å². The van der Waals surface area contributed by atoms with Crippen molar-refractivity contribution < 1.29 is 9.90 Å².